The number of carbonyl (C=O) groups is 2. The molecule has 1 aliphatic heterocycles. The van der Waals surface area contributed by atoms with Crippen molar-refractivity contribution in [2.75, 3.05) is 13.1 Å². The molecule has 120 valence electrons. The van der Waals surface area contributed by atoms with E-state index in [1.165, 1.54) is 0 Å². The van der Waals surface area contributed by atoms with Crippen molar-refractivity contribution in [3.63, 3.8) is 0 Å². The zero-order valence-corrected chi connectivity index (χ0v) is 13.6. The van der Waals surface area contributed by atoms with Crippen LogP contribution in [0.25, 0.3) is 0 Å². The zero-order valence-electron chi connectivity index (χ0n) is 12.8. The van der Waals surface area contributed by atoms with Crippen molar-refractivity contribution < 1.29 is 14.3 Å². The van der Waals surface area contributed by atoms with Gasteiger partial charge in [-0.25, -0.2) is 0 Å². The molecule has 1 aliphatic rings. The third kappa shape index (κ3) is 3.91. The van der Waals surface area contributed by atoms with Gasteiger partial charge >= 0.3 is 0 Å². The predicted octanol–water partition coefficient (Wildman–Crippen LogP) is 2.14. The van der Waals surface area contributed by atoms with Gasteiger partial charge in [0.15, 0.2) is 6.10 Å². The molecule has 0 spiro atoms. The van der Waals surface area contributed by atoms with Gasteiger partial charge in [0.2, 0.25) is 5.91 Å². The van der Waals surface area contributed by atoms with Crippen LogP contribution in [-0.4, -0.2) is 35.9 Å². The number of piperidine rings is 1. The van der Waals surface area contributed by atoms with E-state index >= 15 is 0 Å². The van der Waals surface area contributed by atoms with Crippen LogP contribution in [0, 0.1) is 12.8 Å². The summed E-state index contributed by atoms with van der Waals surface area (Å²) in [6, 6.07) is 5.42. The smallest absolute Gasteiger partial charge is 0.263 e. The summed E-state index contributed by atoms with van der Waals surface area (Å²) in [6.07, 6.45) is 0.848. The van der Waals surface area contributed by atoms with E-state index < -0.39 is 6.10 Å². The molecule has 6 heteroatoms. The van der Waals surface area contributed by atoms with Gasteiger partial charge in [0.1, 0.15) is 5.75 Å². The fraction of sp³-hybridized carbons (Fsp3) is 0.500. The lowest BCUT2D eigenvalue weighted by molar-refractivity contribution is -0.141. The number of hydrogen-bond donors (Lipinski definition) is 1. The fourth-order valence-electron chi connectivity index (χ4n) is 2.61. The van der Waals surface area contributed by atoms with Gasteiger partial charge in [-0.2, -0.15) is 0 Å². The van der Waals surface area contributed by atoms with Crippen molar-refractivity contribution in [2.24, 2.45) is 11.7 Å². The highest BCUT2D eigenvalue weighted by atomic mass is 35.5. The van der Waals surface area contributed by atoms with Crippen LogP contribution in [0.15, 0.2) is 18.2 Å². The van der Waals surface area contributed by atoms with E-state index in [0.29, 0.717) is 23.9 Å². The van der Waals surface area contributed by atoms with Crippen molar-refractivity contribution in [1.82, 2.24) is 4.90 Å². The van der Waals surface area contributed by atoms with Gasteiger partial charge in [0.25, 0.3) is 5.91 Å². The summed E-state index contributed by atoms with van der Waals surface area (Å²) in [4.78, 5) is 25.4. The van der Waals surface area contributed by atoms with Crippen LogP contribution >= 0.6 is 11.6 Å². The van der Waals surface area contributed by atoms with E-state index in [1.807, 2.05) is 13.0 Å². The van der Waals surface area contributed by atoms with Gasteiger partial charge in [-0.15, -0.1) is 0 Å². The Morgan fingerprint density at radius 3 is 2.86 bits per heavy atom. The highest BCUT2D eigenvalue weighted by Gasteiger charge is 2.30. The summed E-state index contributed by atoms with van der Waals surface area (Å²) in [5.74, 6) is -0.283. The second-order valence-corrected chi connectivity index (χ2v) is 6.13. The molecule has 1 heterocycles. The molecule has 0 bridgehead atoms. The topological polar surface area (TPSA) is 72.6 Å². The molecule has 0 saturated carbocycles. The van der Waals surface area contributed by atoms with Gasteiger partial charge < -0.3 is 15.4 Å². The number of ether oxygens (including phenoxy) is 1. The Bertz CT molecular complexity index is 577. The normalized spacial score (nSPS) is 19.6. The maximum atomic E-state index is 12.5. The van der Waals surface area contributed by atoms with Crippen LogP contribution in [0.4, 0.5) is 0 Å². The molecule has 1 aromatic rings. The Hall–Kier alpha value is -1.75. The summed E-state index contributed by atoms with van der Waals surface area (Å²) in [5.41, 5.74) is 6.35. The van der Waals surface area contributed by atoms with Gasteiger partial charge in [-0.3, -0.25) is 9.59 Å². The molecule has 2 unspecified atom stereocenters. The monoisotopic (exact) mass is 324 g/mol. The van der Waals surface area contributed by atoms with Crippen molar-refractivity contribution in [3.05, 3.63) is 28.8 Å². The van der Waals surface area contributed by atoms with Crippen molar-refractivity contribution in [3.8, 4) is 5.75 Å². The van der Waals surface area contributed by atoms with Crippen molar-refractivity contribution >= 4 is 23.4 Å². The lowest BCUT2D eigenvalue weighted by atomic mass is 9.97. The number of nitrogens with zero attached hydrogens (tertiary/aromatic N) is 1. The van der Waals surface area contributed by atoms with Gasteiger partial charge in [0.05, 0.1) is 10.9 Å². The number of amides is 2. The average molecular weight is 325 g/mol. The van der Waals surface area contributed by atoms with Crippen LogP contribution in [-0.2, 0) is 9.59 Å². The summed E-state index contributed by atoms with van der Waals surface area (Å²) in [5, 5.41) is 0.471. The minimum Gasteiger partial charge on any atom is -0.479 e. The Morgan fingerprint density at radius 2 is 2.18 bits per heavy atom. The second kappa shape index (κ2) is 7.01. The van der Waals surface area contributed by atoms with Crippen molar-refractivity contribution in [1.29, 1.82) is 0 Å². The van der Waals surface area contributed by atoms with Crippen LogP contribution in [0.5, 0.6) is 5.75 Å². The number of halogens is 1. The molecule has 1 saturated heterocycles. The van der Waals surface area contributed by atoms with Gasteiger partial charge in [-0.1, -0.05) is 17.7 Å². The molecule has 2 amide bonds. The highest BCUT2D eigenvalue weighted by molar-refractivity contribution is 6.32. The Kier molecular flexibility index (Phi) is 5.29. The number of hydrogen-bond acceptors (Lipinski definition) is 3. The Balaban J connectivity index is 2.02. The number of nitrogens with two attached hydrogens (primary N) is 1. The predicted molar refractivity (Wildman–Crippen MR) is 84.8 cm³/mol. The molecule has 1 aromatic carbocycles. The van der Waals surface area contributed by atoms with E-state index in [4.69, 9.17) is 22.1 Å². The van der Waals surface area contributed by atoms with Crippen LogP contribution < -0.4 is 10.5 Å². The number of likely N-dealkylation sites (tertiary alicyclic amines) is 1. The number of aryl methyl sites for hydroxylation is 1. The molecule has 22 heavy (non-hydrogen) atoms. The van der Waals surface area contributed by atoms with E-state index in [9.17, 15) is 9.59 Å². The average Bonchev–Trinajstić information content (AvgIpc) is 2.50. The molecule has 5 nitrogen and oxygen atoms in total. The summed E-state index contributed by atoms with van der Waals surface area (Å²) < 4.78 is 5.70. The first kappa shape index (κ1) is 16.6. The second-order valence-electron chi connectivity index (χ2n) is 5.72. The number of primary amides is 1. The quantitative estimate of drug-likeness (QED) is 0.922. The Labute approximate surface area is 135 Å². The lowest BCUT2D eigenvalue weighted by Crippen LogP contribution is -2.48. The van der Waals surface area contributed by atoms with E-state index in [1.54, 1.807) is 24.0 Å². The molecule has 2 rings (SSSR count). The largest absolute Gasteiger partial charge is 0.479 e. The van der Waals surface area contributed by atoms with Gasteiger partial charge in [-0.05, 0) is 44.4 Å². The van der Waals surface area contributed by atoms with E-state index in [0.717, 1.165) is 18.4 Å². The molecule has 0 radical (unpaired) electrons. The number of carbonyl (C=O) groups excluding carboxylic acids is 2. The summed E-state index contributed by atoms with van der Waals surface area (Å²) in [6.45, 7) is 4.61. The number of rotatable bonds is 4. The lowest BCUT2D eigenvalue weighted by Gasteiger charge is -2.33. The zero-order chi connectivity index (χ0) is 16.3. The minimum atomic E-state index is -0.661. The molecular weight excluding hydrogens is 304 g/mol. The SMILES string of the molecule is Cc1ccc(Cl)c(OC(C)C(=O)N2CCCC(C(N)=O)C2)c1. The van der Waals surface area contributed by atoms with Crippen molar-refractivity contribution in [2.45, 2.75) is 32.8 Å². The van der Waals surface area contributed by atoms with E-state index in [-0.39, 0.29) is 17.7 Å². The Morgan fingerprint density at radius 1 is 1.45 bits per heavy atom. The molecule has 1 fully saturated rings. The summed E-state index contributed by atoms with van der Waals surface area (Å²) >= 11 is 6.08. The first-order chi connectivity index (χ1) is 10.4. The van der Waals surface area contributed by atoms with E-state index in [2.05, 4.69) is 0 Å². The number of benzene rings is 1. The molecule has 2 atom stereocenters. The van der Waals surface area contributed by atoms with Crippen LogP contribution in [0.3, 0.4) is 0 Å². The minimum absolute atomic E-state index is 0.150. The standard InChI is InChI=1S/C16H21ClN2O3/c1-10-5-6-13(17)14(8-10)22-11(2)16(21)19-7-3-4-12(9-19)15(18)20/h5-6,8,11-12H,3-4,7,9H2,1-2H3,(H2,18,20). The maximum Gasteiger partial charge on any atom is 0.263 e. The third-order valence-corrected chi connectivity index (χ3v) is 4.19. The van der Waals surface area contributed by atoms with Crippen LogP contribution in [0.1, 0.15) is 25.3 Å². The first-order valence-electron chi connectivity index (χ1n) is 7.39. The first-order valence-corrected chi connectivity index (χ1v) is 7.77. The highest BCUT2D eigenvalue weighted by Crippen LogP contribution is 2.27. The molecular formula is C16H21ClN2O3. The molecule has 2 N–H and O–H groups in total. The summed E-state index contributed by atoms with van der Waals surface area (Å²) in [7, 11) is 0. The van der Waals surface area contributed by atoms with Gasteiger partial charge in [0, 0.05) is 13.1 Å². The van der Waals surface area contributed by atoms with Crippen LogP contribution in [0.2, 0.25) is 5.02 Å². The third-order valence-electron chi connectivity index (χ3n) is 3.87. The molecule has 0 aliphatic carbocycles. The maximum absolute atomic E-state index is 12.5. The fourth-order valence-corrected chi connectivity index (χ4v) is 2.77. The molecule has 0 aromatic heterocycles.